The second-order valence-corrected chi connectivity index (χ2v) is 11.3. The monoisotopic (exact) mass is 483 g/mol. The molecule has 36 heavy (non-hydrogen) atoms. The van der Waals surface area contributed by atoms with Gasteiger partial charge >= 0.3 is 0 Å². The maximum Gasteiger partial charge on any atom is 0.0491 e. The predicted octanol–water partition coefficient (Wildman–Crippen LogP) is 8.01. The van der Waals surface area contributed by atoms with Crippen molar-refractivity contribution in [2.75, 3.05) is 6.54 Å². The van der Waals surface area contributed by atoms with Crippen molar-refractivity contribution in [1.82, 2.24) is 4.90 Å². The third kappa shape index (κ3) is 5.83. The summed E-state index contributed by atoms with van der Waals surface area (Å²) in [5.74, 6) is 0. The number of fused-ring (bicyclic) bond motifs is 3. The van der Waals surface area contributed by atoms with E-state index in [2.05, 4.69) is 90.6 Å². The molecule has 0 saturated carbocycles. The number of aryl methyl sites for hydroxylation is 1. The summed E-state index contributed by atoms with van der Waals surface area (Å²) in [7, 11) is 0. The average molecular weight is 484 g/mol. The lowest BCUT2D eigenvalue weighted by Gasteiger charge is -2.47. The van der Waals surface area contributed by atoms with Crippen LogP contribution in [0.4, 0.5) is 0 Å². The van der Waals surface area contributed by atoms with Crippen LogP contribution >= 0.6 is 0 Å². The van der Waals surface area contributed by atoms with Crippen LogP contribution < -0.4 is 5.73 Å². The van der Waals surface area contributed by atoms with Crippen molar-refractivity contribution >= 4 is 17.5 Å². The molecule has 3 rings (SSSR count). The average Bonchev–Trinajstić information content (AvgIpc) is 2.82. The molecule has 3 nitrogen and oxygen atoms in total. The number of rotatable bonds is 9. The lowest BCUT2D eigenvalue weighted by molar-refractivity contribution is 0.189. The van der Waals surface area contributed by atoms with E-state index in [-0.39, 0.29) is 5.41 Å². The minimum Gasteiger partial charge on any atom is -0.404 e. The maximum atomic E-state index is 6.14. The predicted molar refractivity (Wildman–Crippen MR) is 159 cm³/mol. The van der Waals surface area contributed by atoms with Gasteiger partial charge in [-0.2, -0.15) is 0 Å². The van der Waals surface area contributed by atoms with Crippen LogP contribution in [0.25, 0.3) is 11.3 Å². The zero-order valence-electron chi connectivity index (χ0n) is 23.4. The maximum absolute atomic E-state index is 6.14. The van der Waals surface area contributed by atoms with E-state index in [0.29, 0.717) is 6.04 Å². The second kappa shape index (κ2) is 11.3. The Labute approximate surface area is 219 Å². The molecule has 3 heteroatoms. The van der Waals surface area contributed by atoms with Gasteiger partial charge in [-0.25, -0.2) is 0 Å². The zero-order valence-corrected chi connectivity index (χ0v) is 23.4. The Morgan fingerprint density at radius 3 is 2.50 bits per heavy atom. The molecule has 0 bridgehead atoms. The molecule has 2 heterocycles. The van der Waals surface area contributed by atoms with Crippen LogP contribution in [0.2, 0.25) is 0 Å². The summed E-state index contributed by atoms with van der Waals surface area (Å²) in [6.45, 7) is 26.9. The molecule has 1 aromatic rings. The molecule has 0 spiro atoms. The molecule has 1 unspecified atom stereocenters. The van der Waals surface area contributed by atoms with Crippen LogP contribution in [0.15, 0.2) is 77.6 Å². The number of allylic oxidation sites excluding steroid dienone is 5. The largest absolute Gasteiger partial charge is 0.404 e. The van der Waals surface area contributed by atoms with Gasteiger partial charge in [-0.1, -0.05) is 72.4 Å². The molecule has 0 saturated heterocycles. The highest BCUT2D eigenvalue weighted by molar-refractivity contribution is 6.10. The first-order valence-corrected chi connectivity index (χ1v) is 13.3. The Bertz CT molecular complexity index is 1160. The van der Waals surface area contributed by atoms with Crippen molar-refractivity contribution in [3.63, 3.8) is 0 Å². The van der Waals surface area contributed by atoms with E-state index in [0.717, 1.165) is 60.9 Å². The highest BCUT2D eigenvalue weighted by Gasteiger charge is 2.38. The van der Waals surface area contributed by atoms with E-state index >= 15 is 0 Å². The standard InChI is InChI=1S/C33H45N3/c1-10-12-23(5)13-14-35-20-27(19-34)28-17-26-18-32(33(7,8)9)36-21-30(22(3)4)24(6)15-31(36)29(26)16-25(28)11-2/h15-17,19-21,32H,3,5-6,10-14,18,34H2,1-2,4,7-9H3. The van der Waals surface area contributed by atoms with Crippen molar-refractivity contribution in [3.8, 4) is 0 Å². The van der Waals surface area contributed by atoms with E-state index in [9.17, 15) is 0 Å². The quantitative estimate of drug-likeness (QED) is 0.285. The van der Waals surface area contributed by atoms with E-state index in [1.807, 2.05) is 6.21 Å². The van der Waals surface area contributed by atoms with Crippen LogP contribution in [0.1, 0.15) is 83.1 Å². The van der Waals surface area contributed by atoms with E-state index < -0.39 is 0 Å². The van der Waals surface area contributed by atoms with Gasteiger partial charge in [0.05, 0.1) is 0 Å². The molecule has 1 aromatic carbocycles. The van der Waals surface area contributed by atoms with Crippen LogP contribution in [0.5, 0.6) is 0 Å². The smallest absolute Gasteiger partial charge is 0.0491 e. The van der Waals surface area contributed by atoms with Crippen LogP contribution in [-0.4, -0.2) is 23.7 Å². The highest BCUT2D eigenvalue weighted by atomic mass is 15.2. The number of hydrogen-bond acceptors (Lipinski definition) is 3. The van der Waals surface area contributed by atoms with Crippen LogP contribution in [0, 0.1) is 5.41 Å². The summed E-state index contributed by atoms with van der Waals surface area (Å²) in [5.41, 5.74) is 18.0. The third-order valence-corrected chi connectivity index (χ3v) is 7.32. The van der Waals surface area contributed by atoms with E-state index in [1.54, 1.807) is 6.20 Å². The molecular formula is C33H45N3. The highest BCUT2D eigenvalue weighted by Crippen LogP contribution is 2.44. The Morgan fingerprint density at radius 2 is 1.92 bits per heavy atom. The first-order chi connectivity index (χ1) is 17.0. The van der Waals surface area contributed by atoms with Gasteiger partial charge < -0.3 is 10.6 Å². The Morgan fingerprint density at radius 1 is 1.19 bits per heavy atom. The van der Waals surface area contributed by atoms with Crippen molar-refractivity contribution in [3.05, 3.63) is 94.9 Å². The van der Waals surface area contributed by atoms with Crippen LogP contribution in [-0.2, 0) is 12.8 Å². The minimum absolute atomic E-state index is 0.0879. The van der Waals surface area contributed by atoms with Crippen molar-refractivity contribution in [2.45, 2.75) is 79.7 Å². The summed E-state index contributed by atoms with van der Waals surface area (Å²) in [6, 6.07) is 5.03. The number of nitrogens with two attached hydrogens (primary N) is 1. The lowest BCUT2D eigenvalue weighted by atomic mass is 9.75. The van der Waals surface area contributed by atoms with Gasteiger partial charge in [0.15, 0.2) is 0 Å². The van der Waals surface area contributed by atoms with Gasteiger partial charge in [-0.3, -0.25) is 4.99 Å². The number of hydrogen-bond donors (Lipinski definition) is 1. The number of benzene rings is 1. The summed E-state index contributed by atoms with van der Waals surface area (Å²) in [5, 5.41) is 0. The zero-order chi connectivity index (χ0) is 26.6. The van der Waals surface area contributed by atoms with Gasteiger partial charge in [0, 0.05) is 48.0 Å². The number of aliphatic imine (C=N–C) groups is 1. The molecule has 192 valence electrons. The lowest BCUT2D eigenvalue weighted by Crippen LogP contribution is -2.45. The molecule has 1 atom stereocenters. The topological polar surface area (TPSA) is 41.6 Å². The molecule has 0 aliphatic carbocycles. The fourth-order valence-electron chi connectivity index (χ4n) is 5.22. The SMILES string of the molecule is C=C(CCC)CCN=CC(=CN)c1cc2c(cc1CC)C1=CC(=C)C(C(=C)C)=CN1C(C(C)(C)C)C2. The number of nitrogens with zero attached hydrogens (tertiary/aromatic N) is 2. The molecular weight excluding hydrogens is 438 g/mol. The Hall–Kier alpha value is -3.07. The second-order valence-electron chi connectivity index (χ2n) is 11.3. The summed E-state index contributed by atoms with van der Waals surface area (Å²) >= 11 is 0. The molecule has 0 amide bonds. The van der Waals surface area contributed by atoms with Gasteiger partial charge in [0.1, 0.15) is 0 Å². The molecule has 2 aliphatic heterocycles. The fraction of sp³-hybridized carbons (Fsp3) is 0.424. The molecule has 2 N–H and O–H groups in total. The fourth-order valence-corrected chi connectivity index (χ4v) is 5.22. The van der Waals surface area contributed by atoms with Gasteiger partial charge in [-0.15, -0.1) is 0 Å². The van der Waals surface area contributed by atoms with Crippen molar-refractivity contribution < 1.29 is 0 Å². The first-order valence-electron chi connectivity index (χ1n) is 13.3. The normalized spacial score (nSPS) is 18.1. The van der Waals surface area contributed by atoms with E-state index in [1.165, 1.54) is 33.5 Å². The van der Waals surface area contributed by atoms with Gasteiger partial charge in [-0.05, 0) is 83.6 Å². The van der Waals surface area contributed by atoms with Crippen molar-refractivity contribution in [1.29, 1.82) is 0 Å². The minimum atomic E-state index is 0.0879. The molecule has 2 aliphatic rings. The van der Waals surface area contributed by atoms with Gasteiger partial charge in [0.2, 0.25) is 0 Å². The molecule has 0 fully saturated rings. The summed E-state index contributed by atoms with van der Waals surface area (Å²) < 4.78 is 0. The summed E-state index contributed by atoms with van der Waals surface area (Å²) in [6.07, 6.45) is 13.2. The molecule has 0 radical (unpaired) electrons. The van der Waals surface area contributed by atoms with Crippen molar-refractivity contribution in [2.24, 2.45) is 16.1 Å². The Balaban J connectivity index is 2.04. The third-order valence-electron chi connectivity index (χ3n) is 7.32. The van der Waals surface area contributed by atoms with Crippen LogP contribution in [0.3, 0.4) is 0 Å². The van der Waals surface area contributed by atoms with Gasteiger partial charge in [0.25, 0.3) is 0 Å². The Kier molecular flexibility index (Phi) is 8.66. The first kappa shape index (κ1) is 27.5. The van der Waals surface area contributed by atoms with E-state index in [4.69, 9.17) is 10.7 Å². The summed E-state index contributed by atoms with van der Waals surface area (Å²) in [4.78, 5) is 7.16. The molecule has 0 aromatic heterocycles.